The number of halogens is 1. The minimum atomic E-state index is -0.321. The highest BCUT2D eigenvalue weighted by Gasteiger charge is 2.18. The average molecular weight is 336 g/mol. The molecule has 0 spiro atoms. The lowest BCUT2D eigenvalue weighted by molar-refractivity contribution is -0.116. The van der Waals surface area contributed by atoms with E-state index in [0.717, 1.165) is 11.1 Å². The van der Waals surface area contributed by atoms with E-state index in [4.69, 9.17) is 0 Å². The third-order valence-electron chi connectivity index (χ3n) is 4.25. The first-order valence-electron chi connectivity index (χ1n) is 8.28. The quantitative estimate of drug-likeness (QED) is 0.709. The van der Waals surface area contributed by atoms with Crippen molar-refractivity contribution in [2.75, 3.05) is 5.32 Å². The Morgan fingerprint density at radius 2 is 1.84 bits per heavy atom. The summed E-state index contributed by atoms with van der Waals surface area (Å²) in [6.07, 6.45) is 4.17. The molecule has 1 amide bonds. The van der Waals surface area contributed by atoms with Gasteiger partial charge in [-0.2, -0.15) is 0 Å². The standard InChI is InChI=1S/C21H21FN2O/c1-15-6-5-7-17(12-15)20(24-10-3-4-11-24)14-21(25)23-18-9-8-16(2)19(22)13-18/h3-13,20H,14H2,1-2H3,(H,23,25)/t20-/m0/s1. The Hall–Kier alpha value is -2.88. The van der Waals surface area contributed by atoms with E-state index < -0.39 is 0 Å². The van der Waals surface area contributed by atoms with E-state index in [2.05, 4.69) is 11.4 Å². The van der Waals surface area contributed by atoms with Crippen LogP contribution in [0, 0.1) is 19.7 Å². The topological polar surface area (TPSA) is 34.0 Å². The van der Waals surface area contributed by atoms with Gasteiger partial charge in [0.1, 0.15) is 5.82 Å². The van der Waals surface area contributed by atoms with Gasteiger partial charge in [0.25, 0.3) is 0 Å². The maximum Gasteiger partial charge on any atom is 0.226 e. The summed E-state index contributed by atoms with van der Waals surface area (Å²) in [6, 6.07) is 16.6. The van der Waals surface area contributed by atoms with Gasteiger partial charge >= 0.3 is 0 Å². The molecule has 1 N–H and O–H groups in total. The van der Waals surface area contributed by atoms with Gasteiger partial charge in [-0.1, -0.05) is 35.9 Å². The number of carbonyl (C=O) groups excluding carboxylic acids is 1. The lowest BCUT2D eigenvalue weighted by Gasteiger charge is -2.20. The van der Waals surface area contributed by atoms with Crippen LogP contribution >= 0.6 is 0 Å². The molecule has 0 aliphatic carbocycles. The van der Waals surface area contributed by atoms with Gasteiger partial charge in [-0.25, -0.2) is 4.39 Å². The zero-order chi connectivity index (χ0) is 17.8. The van der Waals surface area contributed by atoms with Crippen LogP contribution in [0.15, 0.2) is 67.0 Å². The SMILES string of the molecule is Cc1cccc([C@H](CC(=O)Nc2ccc(C)c(F)c2)n2cccc2)c1. The van der Waals surface area contributed by atoms with Crippen molar-refractivity contribution in [3.05, 3.63) is 89.5 Å². The van der Waals surface area contributed by atoms with E-state index in [1.165, 1.54) is 6.07 Å². The number of hydrogen-bond acceptors (Lipinski definition) is 1. The van der Waals surface area contributed by atoms with Crippen LogP contribution in [0.2, 0.25) is 0 Å². The highest BCUT2D eigenvalue weighted by atomic mass is 19.1. The van der Waals surface area contributed by atoms with Crippen LogP contribution in [0.4, 0.5) is 10.1 Å². The Balaban J connectivity index is 1.80. The summed E-state index contributed by atoms with van der Waals surface area (Å²) in [7, 11) is 0. The fraction of sp³-hybridized carbons (Fsp3) is 0.190. The van der Waals surface area contributed by atoms with E-state index in [9.17, 15) is 9.18 Å². The molecule has 3 aromatic rings. The van der Waals surface area contributed by atoms with Gasteiger partial charge < -0.3 is 9.88 Å². The van der Waals surface area contributed by atoms with Crippen LogP contribution in [0.25, 0.3) is 0 Å². The van der Waals surface area contributed by atoms with Gasteiger partial charge in [0.05, 0.1) is 12.5 Å². The maximum absolute atomic E-state index is 13.7. The van der Waals surface area contributed by atoms with Gasteiger partial charge in [-0.05, 0) is 49.2 Å². The molecule has 2 aromatic carbocycles. The summed E-state index contributed by atoms with van der Waals surface area (Å²) >= 11 is 0. The molecule has 25 heavy (non-hydrogen) atoms. The molecular weight excluding hydrogens is 315 g/mol. The monoisotopic (exact) mass is 336 g/mol. The molecule has 0 aliphatic rings. The first kappa shape index (κ1) is 17.0. The summed E-state index contributed by atoms with van der Waals surface area (Å²) in [6.45, 7) is 3.73. The number of aryl methyl sites for hydroxylation is 2. The van der Waals surface area contributed by atoms with E-state index in [1.807, 2.05) is 54.2 Å². The summed E-state index contributed by atoms with van der Waals surface area (Å²) in [4.78, 5) is 12.5. The lowest BCUT2D eigenvalue weighted by atomic mass is 10.0. The number of nitrogens with zero attached hydrogens (tertiary/aromatic N) is 1. The van der Waals surface area contributed by atoms with Crippen molar-refractivity contribution in [1.29, 1.82) is 0 Å². The molecule has 1 aromatic heterocycles. The van der Waals surface area contributed by atoms with E-state index in [0.29, 0.717) is 11.3 Å². The number of anilines is 1. The number of hydrogen-bond donors (Lipinski definition) is 1. The lowest BCUT2D eigenvalue weighted by Crippen LogP contribution is -2.19. The van der Waals surface area contributed by atoms with Crippen molar-refractivity contribution in [2.45, 2.75) is 26.3 Å². The van der Waals surface area contributed by atoms with Crippen LogP contribution in [0.5, 0.6) is 0 Å². The number of amides is 1. The number of rotatable bonds is 5. The zero-order valence-electron chi connectivity index (χ0n) is 14.4. The van der Waals surface area contributed by atoms with E-state index in [1.54, 1.807) is 19.1 Å². The van der Waals surface area contributed by atoms with Crippen LogP contribution in [0.1, 0.15) is 29.2 Å². The molecule has 1 atom stereocenters. The van der Waals surface area contributed by atoms with Gasteiger partial charge in [-0.3, -0.25) is 4.79 Å². The molecule has 4 heteroatoms. The molecular formula is C21H21FN2O. The van der Waals surface area contributed by atoms with Crippen molar-refractivity contribution in [3.63, 3.8) is 0 Å². The largest absolute Gasteiger partial charge is 0.346 e. The Morgan fingerprint density at radius 1 is 1.08 bits per heavy atom. The van der Waals surface area contributed by atoms with Gasteiger partial charge in [0, 0.05) is 18.1 Å². The zero-order valence-corrected chi connectivity index (χ0v) is 14.4. The minimum Gasteiger partial charge on any atom is -0.346 e. The van der Waals surface area contributed by atoms with Gasteiger partial charge in [0.15, 0.2) is 0 Å². The molecule has 0 unspecified atom stereocenters. The number of nitrogens with one attached hydrogen (secondary N) is 1. The summed E-state index contributed by atoms with van der Waals surface area (Å²) < 4.78 is 15.7. The highest BCUT2D eigenvalue weighted by Crippen LogP contribution is 2.24. The predicted molar refractivity (Wildman–Crippen MR) is 98.1 cm³/mol. The molecule has 0 bridgehead atoms. The van der Waals surface area contributed by atoms with E-state index in [-0.39, 0.29) is 24.2 Å². The number of carbonyl (C=O) groups is 1. The molecule has 128 valence electrons. The van der Waals surface area contributed by atoms with Crippen LogP contribution in [0.3, 0.4) is 0 Å². The second kappa shape index (κ2) is 7.34. The number of benzene rings is 2. The molecule has 0 fully saturated rings. The molecule has 3 rings (SSSR count). The Bertz CT molecular complexity index is 871. The smallest absolute Gasteiger partial charge is 0.226 e. The van der Waals surface area contributed by atoms with Crippen LogP contribution in [-0.4, -0.2) is 10.5 Å². The Kier molecular flexibility index (Phi) is 4.98. The summed E-state index contributed by atoms with van der Waals surface area (Å²) in [5, 5.41) is 2.79. The molecule has 3 nitrogen and oxygen atoms in total. The maximum atomic E-state index is 13.7. The first-order valence-corrected chi connectivity index (χ1v) is 8.28. The van der Waals surface area contributed by atoms with Crippen molar-refractivity contribution < 1.29 is 9.18 Å². The molecule has 0 saturated carbocycles. The predicted octanol–water partition coefficient (Wildman–Crippen LogP) is 4.86. The van der Waals surface area contributed by atoms with Crippen molar-refractivity contribution in [2.24, 2.45) is 0 Å². The average Bonchev–Trinajstić information content (AvgIpc) is 3.10. The number of aromatic nitrogens is 1. The molecule has 0 radical (unpaired) electrons. The van der Waals surface area contributed by atoms with Crippen molar-refractivity contribution in [3.8, 4) is 0 Å². The fourth-order valence-corrected chi connectivity index (χ4v) is 2.89. The molecule has 0 aliphatic heterocycles. The van der Waals surface area contributed by atoms with E-state index >= 15 is 0 Å². The molecule has 0 saturated heterocycles. The van der Waals surface area contributed by atoms with Crippen LogP contribution in [-0.2, 0) is 4.79 Å². The van der Waals surface area contributed by atoms with Crippen molar-refractivity contribution >= 4 is 11.6 Å². The summed E-state index contributed by atoms with van der Waals surface area (Å²) in [5.41, 5.74) is 3.25. The molecule has 1 heterocycles. The van der Waals surface area contributed by atoms with Gasteiger partial charge in [-0.15, -0.1) is 0 Å². The Morgan fingerprint density at radius 3 is 2.52 bits per heavy atom. The first-order chi connectivity index (χ1) is 12.0. The van der Waals surface area contributed by atoms with Crippen LogP contribution < -0.4 is 5.32 Å². The second-order valence-corrected chi connectivity index (χ2v) is 6.28. The summed E-state index contributed by atoms with van der Waals surface area (Å²) in [5.74, 6) is -0.470. The third-order valence-corrected chi connectivity index (χ3v) is 4.25. The second-order valence-electron chi connectivity index (χ2n) is 6.28. The fourth-order valence-electron chi connectivity index (χ4n) is 2.89. The highest BCUT2D eigenvalue weighted by molar-refractivity contribution is 5.91. The van der Waals surface area contributed by atoms with Gasteiger partial charge in [0.2, 0.25) is 5.91 Å². The third kappa shape index (κ3) is 4.15. The van der Waals surface area contributed by atoms with Crippen molar-refractivity contribution in [1.82, 2.24) is 4.57 Å². The normalized spacial score (nSPS) is 12.0. The Labute approximate surface area is 147 Å². The minimum absolute atomic E-state index is 0.106.